The molecule has 3 rings (SSSR count). The molecule has 0 amide bonds. The Kier molecular flexibility index (Phi) is 4.36. The Bertz CT molecular complexity index is 971. The van der Waals surface area contributed by atoms with Crippen molar-refractivity contribution in [1.82, 2.24) is 14.8 Å². The molecule has 25 heavy (non-hydrogen) atoms. The van der Waals surface area contributed by atoms with Gasteiger partial charge in [0.05, 0.1) is 5.57 Å². The molecule has 5 heteroatoms. The Balaban J connectivity index is 2.06. The van der Waals surface area contributed by atoms with Gasteiger partial charge in [-0.15, -0.1) is 10.2 Å². The average Bonchev–Trinajstić information content (AvgIpc) is 2.99. The molecule has 0 aliphatic carbocycles. The molecule has 1 aromatic heterocycles. The summed E-state index contributed by atoms with van der Waals surface area (Å²) in [6.45, 7) is 3.67. The molecular weight excluding hydrogens is 312 g/mol. The number of aromatic hydroxyl groups is 1. The largest absolute Gasteiger partial charge is 0.507 e. The predicted molar refractivity (Wildman–Crippen MR) is 97.5 cm³/mol. The number of hydrogen-bond donors (Lipinski definition) is 1. The molecule has 124 valence electrons. The average molecular weight is 330 g/mol. The Labute approximate surface area is 146 Å². The topological polar surface area (TPSA) is 74.7 Å². The van der Waals surface area contributed by atoms with Gasteiger partial charge < -0.3 is 9.67 Å². The molecule has 0 aliphatic heterocycles. The summed E-state index contributed by atoms with van der Waals surface area (Å²) < 4.78 is 1.81. The Morgan fingerprint density at radius 3 is 2.36 bits per heavy atom. The van der Waals surface area contributed by atoms with Crippen LogP contribution in [0.4, 0.5) is 0 Å². The van der Waals surface area contributed by atoms with Gasteiger partial charge in [0.15, 0.2) is 11.6 Å². The van der Waals surface area contributed by atoms with Crippen molar-refractivity contribution in [2.45, 2.75) is 13.8 Å². The molecule has 5 nitrogen and oxygen atoms in total. The summed E-state index contributed by atoms with van der Waals surface area (Å²) in [6, 6.07) is 15.6. The number of aromatic nitrogens is 3. The van der Waals surface area contributed by atoms with Crippen LogP contribution >= 0.6 is 0 Å². The first-order chi connectivity index (χ1) is 12.0. The van der Waals surface area contributed by atoms with E-state index < -0.39 is 0 Å². The van der Waals surface area contributed by atoms with Crippen LogP contribution in [-0.2, 0) is 7.05 Å². The van der Waals surface area contributed by atoms with Crippen molar-refractivity contribution < 1.29 is 5.11 Å². The van der Waals surface area contributed by atoms with Gasteiger partial charge in [-0.1, -0.05) is 30.3 Å². The quantitative estimate of drug-likeness (QED) is 0.740. The molecule has 0 aliphatic rings. The zero-order valence-electron chi connectivity index (χ0n) is 14.4. The monoisotopic (exact) mass is 330 g/mol. The molecule has 0 saturated carbocycles. The maximum absolute atomic E-state index is 9.90. The van der Waals surface area contributed by atoms with Gasteiger partial charge >= 0.3 is 0 Å². The van der Waals surface area contributed by atoms with Crippen molar-refractivity contribution in [2.75, 3.05) is 0 Å². The van der Waals surface area contributed by atoms with E-state index in [-0.39, 0.29) is 5.75 Å². The van der Waals surface area contributed by atoms with E-state index in [9.17, 15) is 10.4 Å². The van der Waals surface area contributed by atoms with Crippen LogP contribution in [0.5, 0.6) is 5.75 Å². The number of nitrogens with zero attached hydrogens (tertiary/aromatic N) is 4. The second kappa shape index (κ2) is 6.62. The van der Waals surface area contributed by atoms with Gasteiger partial charge in [0.2, 0.25) is 0 Å². The highest BCUT2D eigenvalue weighted by atomic mass is 16.3. The fourth-order valence-corrected chi connectivity index (χ4v) is 2.79. The Morgan fingerprint density at radius 2 is 1.76 bits per heavy atom. The maximum Gasteiger partial charge on any atom is 0.174 e. The van der Waals surface area contributed by atoms with Crippen LogP contribution in [0.15, 0.2) is 42.5 Å². The number of aryl methyl sites for hydroxylation is 2. The minimum atomic E-state index is 0.278. The number of rotatable bonds is 3. The molecule has 3 aromatic rings. The van der Waals surface area contributed by atoms with Crippen molar-refractivity contribution >= 4 is 11.6 Å². The summed E-state index contributed by atoms with van der Waals surface area (Å²) in [7, 11) is 1.84. The molecule has 2 aromatic carbocycles. The lowest BCUT2D eigenvalue weighted by Gasteiger charge is -2.06. The molecule has 0 saturated heterocycles. The molecule has 0 bridgehead atoms. The van der Waals surface area contributed by atoms with Crippen molar-refractivity contribution in [3.63, 3.8) is 0 Å². The van der Waals surface area contributed by atoms with Crippen molar-refractivity contribution in [2.24, 2.45) is 7.05 Å². The second-order valence-corrected chi connectivity index (χ2v) is 5.95. The molecule has 0 fully saturated rings. The number of nitriles is 1. The van der Waals surface area contributed by atoms with Gasteiger partial charge in [-0.3, -0.25) is 0 Å². The van der Waals surface area contributed by atoms with Gasteiger partial charge in [0.1, 0.15) is 11.8 Å². The summed E-state index contributed by atoms with van der Waals surface area (Å²) in [5, 5.41) is 27.9. The maximum atomic E-state index is 9.90. The number of phenols is 1. The van der Waals surface area contributed by atoms with Crippen LogP contribution in [0.3, 0.4) is 0 Å². The predicted octanol–water partition coefficient (Wildman–Crippen LogP) is 3.87. The van der Waals surface area contributed by atoms with Crippen molar-refractivity contribution in [3.8, 4) is 23.2 Å². The summed E-state index contributed by atoms with van der Waals surface area (Å²) in [4.78, 5) is 0. The molecule has 1 N–H and O–H groups in total. The lowest BCUT2D eigenvalue weighted by molar-refractivity contribution is 0.467. The highest BCUT2D eigenvalue weighted by molar-refractivity contribution is 5.88. The summed E-state index contributed by atoms with van der Waals surface area (Å²) >= 11 is 0. The lowest BCUT2D eigenvalue weighted by Crippen LogP contribution is -1.98. The van der Waals surface area contributed by atoms with Gasteiger partial charge in [0, 0.05) is 12.6 Å². The van der Waals surface area contributed by atoms with Gasteiger partial charge in [-0.05, 0) is 48.7 Å². The van der Waals surface area contributed by atoms with Gasteiger partial charge in [-0.25, -0.2) is 0 Å². The first-order valence-electron chi connectivity index (χ1n) is 7.88. The highest BCUT2D eigenvalue weighted by Gasteiger charge is 2.14. The number of phenolic OH excluding ortho intramolecular Hbond substituents is 1. The molecule has 1 heterocycles. The van der Waals surface area contributed by atoms with E-state index in [1.807, 2.05) is 67.9 Å². The minimum Gasteiger partial charge on any atom is -0.507 e. The third-order valence-corrected chi connectivity index (χ3v) is 4.09. The summed E-state index contributed by atoms with van der Waals surface area (Å²) in [5.41, 5.74) is 3.74. The number of benzene rings is 2. The first kappa shape index (κ1) is 16.5. The van der Waals surface area contributed by atoms with E-state index in [1.54, 1.807) is 6.08 Å². The van der Waals surface area contributed by atoms with E-state index in [1.165, 1.54) is 0 Å². The van der Waals surface area contributed by atoms with Gasteiger partial charge in [0.25, 0.3) is 0 Å². The number of hydrogen-bond acceptors (Lipinski definition) is 4. The van der Waals surface area contributed by atoms with E-state index in [0.29, 0.717) is 17.2 Å². The standard InChI is InChI=1S/C20H18N4O/c1-13-9-15(10-14(2)18(13)25)11-17(12-21)20-23-22-19(24(20)3)16-7-5-4-6-8-16/h4-11,25H,1-3H3/b17-11-. The van der Waals surface area contributed by atoms with Crippen molar-refractivity contribution in [3.05, 3.63) is 65.0 Å². The molecule has 0 atom stereocenters. The molecule has 0 unspecified atom stereocenters. The van der Waals surface area contributed by atoms with Crippen molar-refractivity contribution in [1.29, 1.82) is 5.26 Å². The molecule has 0 spiro atoms. The van der Waals surface area contributed by atoms with Crippen LogP contribution in [0.2, 0.25) is 0 Å². The Hall–Kier alpha value is -3.39. The fraction of sp³-hybridized carbons (Fsp3) is 0.150. The summed E-state index contributed by atoms with van der Waals surface area (Å²) in [5.74, 6) is 1.49. The Morgan fingerprint density at radius 1 is 1.12 bits per heavy atom. The smallest absolute Gasteiger partial charge is 0.174 e. The van der Waals surface area contributed by atoms with E-state index in [2.05, 4.69) is 16.3 Å². The van der Waals surface area contributed by atoms with Gasteiger partial charge in [-0.2, -0.15) is 5.26 Å². The normalized spacial score (nSPS) is 11.4. The number of allylic oxidation sites excluding steroid dienone is 1. The third-order valence-electron chi connectivity index (χ3n) is 4.09. The third kappa shape index (κ3) is 3.15. The van der Waals surface area contributed by atoms with Crippen LogP contribution in [0.1, 0.15) is 22.5 Å². The lowest BCUT2D eigenvalue weighted by atomic mass is 10.0. The van der Waals surface area contributed by atoms with E-state index in [0.717, 1.165) is 22.3 Å². The summed E-state index contributed by atoms with van der Waals surface area (Å²) in [6.07, 6.45) is 1.76. The fourth-order valence-electron chi connectivity index (χ4n) is 2.79. The van der Waals surface area contributed by atoms with Crippen LogP contribution < -0.4 is 0 Å². The zero-order chi connectivity index (χ0) is 18.0. The van der Waals surface area contributed by atoms with Crippen LogP contribution in [0.25, 0.3) is 23.0 Å². The minimum absolute atomic E-state index is 0.278. The zero-order valence-corrected chi connectivity index (χ0v) is 14.4. The van der Waals surface area contributed by atoms with Crippen LogP contribution in [-0.4, -0.2) is 19.9 Å². The SMILES string of the molecule is Cc1cc(/C=C(/C#N)c2nnc(-c3ccccc3)n2C)cc(C)c1O. The molecular formula is C20H18N4O. The van der Waals surface area contributed by atoms with Crippen LogP contribution in [0, 0.1) is 25.2 Å². The highest BCUT2D eigenvalue weighted by Crippen LogP contribution is 2.26. The van der Waals surface area contributed by atoms with E-state index in [4.69, 9.17) is 0 Å². The van der Waals surface area contributed by atoms with E-state index >= 15 is 0 Å². The molecule has 0 radical (unpaired) electrons. The second-order valence-electron chi connectivity index (χ2n) is 5.95. The first-order valence-corrected chi connectivity index (χ1v) is 7.88.